The number of aromatic nitrogens is 1. The Bertz CT molecular complexity index is 834. The molecule has 2 aromatic carbocycles. The molecular weight excluding hydrogens is 267 g/mol. The highest BCUT2D eigenvalue weighted by Gasteiger charge is 2.07. The van der Waals surface area contributed by atoms with E-state index < -0.39 is 0 Å². The first-order valence-corrected chi connectivity index (χ1v) is 6.43. The molecular formula is C17H11FN2O. The van der Waals surface area contributed by atoms with E-state index in [0.717, 1.165) is 10.9 Å². The van der Waals surface area contributed by atoms with Gasteiger partial charge in [-0.1, -0.05) is 18.2 Å². The first-order valence-electron chi connectivity index (χ1n) is 6.43. The summed E-state index contributed by atoms with van der Waals surface area (Å²) >= 11 is 0. The molecule has 0 N–H and O–H groups in total. The molecule has 0 amide bonds. The molecule has 0 atom stereocenters. The molecule has 0 radical (unpaired) electrons. The Morgan fingerprint density at radius 2 is 2.00 bits per heavy atom. The first kappa shape index (κ1) is 13.1. The number of nitrogens with zero attached hydrogens (tertiary/aromatic N) is 2. The van der Waals surface area contributed by atoms with Crippen molar-refractivity contribution in [2.75, 3.05) is 0 Å². The second-order valence-electron chi connectivity index (χ2n) is 4.54. The van der Waals surface area contributed by atoms with Crippen molar-refractivity contribution < 1.29 is 9.13 Å². The first-order chi connectivity index (χ1) is 10.3. The monoisotopic (exact) mass is 278 g/mol. The van der Waals surface area contributed by atoms with Gasteiger partial charge < -0.3 is 4.74 Å². The summed E-state index contributed by atoms with van der Waals surface area (Å²) in [5, 5.41) is 9.82. The number of halogens is 1. The highest BCUT2D eigenvalue weighted by molar-refractivity contribution is 5.84. The quantitative estimate of drug-likeness (QED) is 0.731. The number of nitriles is 1. The van der Waals surface area contributed by atoms with Crippen LogP contribution in [0.5, 0.6) is 5.75 Å². The van der Waals surface area contributed by atoms with Crippen molar-refractivity contribution in [2.45, 2.75) is 6.61 Å². The van der Waals surface area contributed by atoms with Gasteiger partial charge in [0.1, 0.15) is 23.7 Å². The van der Waals surface area contributed by atoms with Crippen molar-refractivity contribution in [3.05, 3.63) is 71.7 Å². The molecule has 3 rings (SSSR count). The van der Waals surface area contributed by atoms with Crippen LogP contribution >= 0.6 is 0 Å². The van der Waals surface area contributed by atoms with E-state index in [1.54, 1.807) is 12.3 Å². The molecule has 0 aliphatic carbocycles. The fourth-order valence-corrected chi connectivity index (χ4v) is 2.10. The molecule has 0 fully saturated rings. The minimum absolute atomic E-state index is 0.0526. The van der Waals surface area contributed by atoms with Gasteiger partial charge in [0.05, 0.1) is 11.6 Å². The van der Waals surface area contributed by atoms with Crippen LogP contribution < -0.4 is 4.74 Å². The van der Waals surface area contributed by atoms with Crippen molar-refractivity contribution in [1.82, 2.24) is 4.98 Å². The number of rotatable bonds is 3. The predicted octanol–water partition coefficient (Wildman–Crippen LogP) is 3.82. The Morgan fingerprint density at radius 1 is 1.14 bits per heavy atom. The van der Waals surface area contributed by atoms with Crippen molar-refractivity contribution >= 4 is 10.9 Å². The van der Waals surface area contributed by atoms with Crippen LogP contribution in [0, 0.1) is 17.1 Å². The number of hydrogen-bond donors (Lipinski definition) is 0. The maximum Gasteiger partial charge on any atom is 0.146 e. The Labute approximate surface area is 121 Å². The van der Waals surface area contributed by atoms with Gasteiger partial charge in [-0.15, -0.1) is 0 Å². The minimum Gasteiger partial charge on any atom is -0.487 e. The Morgan fingerprint density at radius 3 is 2.86 bits per heavy atom. The van der Waals surface area contributed by atoms with Crippen LogP contribution in [-0.4, -0.2) is 4.98 Å². The highest BCUT2D eigenvalue weighted by atomic mass is 19.1. The lowest BCUT2D eigenvalue weighted by Crippen LogP contribution is -2.00. The standard InChI is InChI=1S/C17H11FN2O/c18-15-7-6-12(10-19)9-14(15)11-21-16-5-1-3-13-4-2-8-20-17(13)16/h1-9H,11H2. The maximum atomic E-state index is 13.7. The molecule has 21 heavy (non-hydrogen) atoms. The molecule has 0 spiro atoms. The van der Waals surface area contributed by atoms with Gasteiger partial charge in [-0.3, -0.25) is 4.98 Å². The van der Waals surface area contributed by atoms with Gasteiger partial charge in [-0.05, 0) is 30.3 Å². The summed E-state index contributed by atoms with van der Waals surface area (Å²) in [7, 11) is 0. The number of benzene rings is 2. The Hall–Kier alpha value is -2.93. The summed E-state index contributed by atoms with van der Waals surface area (Å²) in [5.74, 6) is 0.206. The number of hydrogen-bond acceptors (Lipinski definition) is 3. The van der Waals surface area contributed by atoms with Crippen LogP contribution in [0.1, 0.15) is 11.1 Å². The molecule has 0 saturated carbocycles. The van der Waals surface area contributed by atoms with Gasteiger partial charge in [0.15, 0.2) is 0 Å². The number of fused-ring (bicyclic) bond motifs is 1. The van der Waals surface area contributed by atoms with Gasteiger partial charge in [0, 0.05) is 17.1 Å². The topological polar surface area (TPSA) is 45.9 Å². The van der Waals surface area contributed by atoms with E-state index in [1.807, 2.05) is 30.3 Å². The molecule has 0 aliphatic heterocycles. The summed E-state index contributed by atoms with van der Waals surface area (Å²) in [5.41, 5.74) is 1.49. The van der Waals surface area contributed by atoms with Gasteiger partial charge >= 0.3 is 0 Å². The molecule has 0 unspecified atom stereocenters. The van der Waals surface area contributed by atoms with Gasteiger partial charge in [0.25, 0.3) is 0 Å². The number of para-hydroxylation sites is 1. The number of ether oxygens (including phenoxy) is 1. The minimum atomic E-state index is -0.387. The largest absolute Gasteiger partial charge is 0.487 e. The van der Waals surface area contributed by atoms with Crippen LogP contribution in [0.3, 0.4) is 0 Å². The van der Waals surface area contributed by atoms with E-state index in [4.69, 9.17) is 10.00 Å². The molecule has 1 aromatic heterocycles. The van der Waals surface area contributed by atoms with Crippen LogP contribution in [0.15, 0.2) is 54.7 Å². The lowest BCUT2D eigenvalue weighted by Gasteiger charge is -2.09. The lowest BCUT2D eigenvalue weighted by atomic mass is 10.1. The zero-order chi connectivity index (χ0) is 14.7. The molecule has 0 bridgehead atoms. The molecule has 1 heterocycles. The highest BCUT2D eigenvalue weighted by Crippen LogP contribution is 2.24. The van der Waals surface area contributed by atoms with Crippen molar-refractivity contribution in [2.24, 2.45) is 0 Å². The van der Waals surface area contributed by atoms with E-state index in [9.17, 15) is 4.39 Å². The van der Waals surface area contributed by atoms with Gasteiger partial charge in [-0.25, -0.2) is 4.39 Å². The third kappa shape index (κ3) is 2.67. The van der Waals surface area contributed by atoms with Crippen molar-refractivity contribution in [3.8, 4) is 11.8 Å². The molecule has 0 saturated heterocycles. The molecule has 3 aromatic rings. The molecule has 102 valence electrons. The summed E-state index contributed by atoms with van der Waals surface area (Å²) < 4.78 is 19.4. The van der Waals surface area contributed by atoms with Crippen molar-refractivity contribution in [1.29, 1.82) is 5.26 Å². The van der Waals surface area contributed by atoms with E-state index in [1.165, 1.54) is 18.2 Å². The number of pyridine rings is 1. The van der Waals surface area contributed by atoms with E-state index in [2.05, 4.69) is 4.98 Å². The summed E-state index contributed by atoms with van der Waals surface area (Å²) in [4.78, 5) is 4.28. The maximum absolute atomic E-state index is 13.7. The third-order valence-corrected chi connectivity index (χ3v) is 3.15. The van der Waals surface area contributed by atoms with E-state index in [0.29, 0.717) is 16.9 Å². The molecule has 3 nitrogen and oxygen atoms in total. The predicted molar refractivity (Wildman–Crippen MR) is 77.2 cm³/mol. The Kier molecular flexibility index (Phi) is 3.48. The van der Waals surface area contributed by atoms with E-state index >= 15 is 0 Å². The summed E-state index contributed by atoms with van der Waals surface area (Å²) in [6.07, 6.45) is 1.69. The van der Waals surface area contributed by atoms with Crippen LogP contribution in [0.25, 0.3) is 10.9 Å². The van der Waals surface area contributed by atoms with Gasteiger partial charge in [-0.2, -0.15) is 5.26 Å². The lowest BCUT2D eigenvalue weighted by molar-refractivity contribution is 0.303. The smallest absolute Gasteiger partial charge is 0.146 e. The van der Waals surface area contributed by atoms with Gasteiger partial charge in [0.2, 0.25) is 0 Å². The third-order valence-electron chi connectivity index (χ3n) is 3.15. The van der Waals surface area contributed by atoms with Crippen LogP contribution in [0.4, 0.5) is 4.39 Å². The SMILES string of the molecule is N#Cc1ccc(F)c(COc2cccc3cccnc23)c1. The zero-order valence-corrected chi connectivity index (χ0v) is 11.1. The van der Waals surface area contributed by atoms with Crippen molar-refractivity contribution in [3.63, 3.8) is 0 Å². The van der Waals surface area contributed by atoms with Crippen LogP contribution in [-0.2, 0) is 6.61 Å². The van der Waals surface area contributed by atoms with E-state index in [-0.39, 0.29) is 12.4 Å². The molecule has 4 heteroatoms. The normalized spacial score (nSPS) is 10.3. The summed E-state index contributed by atoms with van der Waals surface area (Å²) in [6, 6.07) is 15.6. The fraction of sp³-hybridized carbons (Fsp3) is 0.0588. The molecule has 0 aliphatic rings. The average Bonchev–Trinajstić information content (AvgIpc) is 2.54. The zero-order valence-electron chi connectivity index (χ0n) is 11.1. The second-order valence-corrected chi connectivity index (χ2v) is 4.54. The Balaban J connectivity index is 1.89. The van der Waals surface area contributed by atoms with Crippen LogP contribution in [0.2, 0.25) is 0 Å². The average molecular weight is 278 g/mol. The summed E-state index contributed by atoms with van der Waals surface area (Å²) in [6.45, 7) is 0.0526. The second kappa shape index (κ2) is 5.59. The fourth-order valence-electron chi connectivity index (χ4n) is 2.10.